The standard InChI is InChI=1S/C7H14N2.BF4/c1-2-3-5-9-6-4-8-7-9;2-1(3,4)5/h7H,2-6H2,1H3;/q;-1/p+1. The molecule has 0 saturated heterocycles. The first-order valence-electron chi connectivity index (χ1n) is 4.61. The highest BCUT2D eigenvalue weighted by Gasteiger charge is 2.20. The van der Waals surface area contributed by atoms with Crippen molar-refractivity contribution in [3.05, 3.63) is 0 Å². The number of rotatable bonds is 3. The van der Waals surface area contributed by atoms with Gasteiger partial charge in [-0.1, -0.05) is 13.3 Å². The zero-order valence-corrected chi connectivity index (χ0v) is 8.15. The van der Waals surface area contributed by atoms with Crippen molar-refractivity contribution in [2.24, 2.45) is 0 Å². The Balaban J connectivity index is 0.000000292. The predicted octanol–water partition coefficient (Wildman–Crippen LogP) is 1.73. The molecule has 0 aromatic heterocycles. The highest BCUT2D eigenvalue weighted by molar-refractivity contribution is 6.50. The van der Waals surface area contributed by atoms with Gasteiger partial charge in [-0.15, -0.1) is 0 Å². The van der Waals surface area contributed by atoms with Gasteiger partial charge < -0.3 is 17.3 Å². The zero-order chi connectivity index (χ0) is 11.0. The summed E-state index contributed by atoms with van der Waals surface area (Å²) in [6.45, 7) is 5.77. The summed E-state index contributed by atoms with van der Waals surface area (Å²) in [7, 11) is -6.00. The van der Waals surface area contributed by atoms with Gasteiger partial charge in [0, 0.05) is 0 Å². The number of nitrogens with one attached hydrogen (secondary N) is 1. The summed E-state index contributed by atoms with van der Waals surface area (Å²) < 4.78 is 41.3. The fourth-order valence-electron chi connectivity index (χ4n) is 1.00. The molecule has 1 N–H and O–H groups in total. The fraction of sp³-hybridized carbons (Fsp3) is 0.857. The van der Waals surface area contributed by atoms with Crippen LogP contribution in [-0.2, 0) is 0 Å². The summed E-state index contributed by atoms with van der Waals surface area (Å²) in [5.41, 5.74) is 0. The Kier molecular flexibility index (Phi) is 6.32. The number of hydrogen-bond donors (Lipinski definition) is 1. The van der Waals surface area contributed by atoms with Gasteiger partial charge in [0.15, 0.2) is 0 Å². The van der Waals surface area contributed by atoms with Crippen molar-refractivity contribution in [2.75, 3.05) is 19.6 Å². The minimum atomic E-state index is -6.00. The molecule has 2 nitrogen and oxygen atoms in total. The minimum Gasteiger partial charge on any atom is -0.418 e. The van der Waals surface area contributed by atoms with Crippen LogP contribution in [0.1, 0.15) is 19.8 Å². The molecule has 0 aromatic rings. The van der Waals surface area contributed by atoms with Crippen molar-refractivity contribution >= 4 is 13.6 Å². The van der Waals surface area contributed by atoms with Crippen LogP contribution in [0.2, 0.25) is 0 Å². The SMILES string of the molecule is CCCC[N+]1=CNCC1.F[B-](F)(F)F. The van der Waals surface area contributed by atoms with Gasteiger partial charge in [0.1, 0.15) is 13.1 Å². The van der Waals surface area contributed by atoms with E-state index in [4.69, 9.17) is 0 Å². The summed E-state index contributed by atoms with van der Waals surface area (Å²) in [6, 6.07) is 0. The quantitative estimate of drug-likeness (QED) is 0.429. The van der Waals surface area contributed by atoms with Crippen molar-refractivity contribution < 1.29 is 21.8 Å². The Morgan fingerprint density at radius 1 is 1.36 bits per heavy atom. The lowest BCUT2D eigenvalue weighted by Gasteiger charge is -1.95. The number of halogens is 4. The van der Waals surface area contributed by atoms with Crippen LogP contribution in [0.4, 0.5) is 17.3 Å². The molecule has 1 aliphatic heterocycles. The maximum absolute atomic E-state index is 9.75. The van der Waals surface area contributed by atoms with Crippen LogP contribution in [0.3, 0.4) is 0 Å². The minimum absolute atomic E-state index is 1.13. The van der Waals surface area contributed by atoms with E-state index in [2.05, 4.69) is 23.2 Å². The van der Waals surface area contributed by atoms with Crippen molar-refractivity contribution in [2.45, 2.75) is 19.8 Å². The molecule has 0 atom stereocenters. The van der Waals surface area contributed by atoms with Crippen molar-refractivity contribution in [3.63, 3.8) is 0 Å². The van der Waals surface area contributed by atoms with Gasteiger partial charge in [-0.3, -0.25) is 9.89 Å². The molecule has 0 spiro atoms. The van der Waals surface area contributed by atoms with Crippen LogP contribution < -0.4 is 5.32 Å². The van der Waals surface area contributed by atoms with Crippen molar-refractivity contribution in [1.82, 2.24) is 5.32 Å². The third-order valence-corrected chi connectivity index (χ3v) is 1.62. The third-order valence-electron chi connectivity index (χ3n) is 1.62. The second-order valence-corrected chi connectivity index (χ2v) is 2.97. The van der Waals surface area contributed by atoms with E-state index in [1.54, 1.807) is 0 Å². The summed E-state index contributed by atoms with van der Waals surface area (Å²) >= 11 is 0. The summed E-state index contributed by atoms with van der Waals surface area (Å²) in [6.07, 6.45) is 4.71. The average Bonchev–Trinajstić information content (AvgIpc) is 2.49. The van der Waals surface area contributed by atoms with E-state index in [9.17, 15) is 17.3 Å². The van der Waals surface area contributed by atoms with Gasteiger partial charge in [-0.05, 0) is 6.42 Å². The monoisotopic (exact) mass is 214 g/mol. The van der Waals surface area contributed by atoms with Crippen molar-refractivity contribution in [3.8, 4) is 0 Å². The molecule has 0 unspecified atom stereocenters. The molecule has 0 bridgehead atoms. The summed E-state index contributed by atoms with van der Waals surface area (Å²) in [4.78, 5) is 0. The van der Waals surface area contributed by atoms with Gasteiger partial charge >= 0.3 is 7.25 Å². The lowest BCUT2D eigenvalue weighted by atomic mass is 10.3. The first kappa shape index (κ1) is 13.3. The van der Waals surface area contributed by atoms with E-state index in [1.807, 2.05) is 0 Å². The Morgan fingerprint density at radius 3 is 2.29 bits per heavy atom. The van der Waals surface area contributed by atoms with Gasteiger partial charge in [-0.25, -0.2) is 0 Å². The molecule has 1 rings (SSSR count). The number of hydrogen-bond acceptors (Lipinski definition) is 1. The maximum Gasteiger partial charge on any atom is 0.673 e. The Bertz CT molecular complexity index is 175. The molecule has 0 aromatic carbocycles. The molecule has 0 saturated carbocycles. The summed E-state index contributed by atoms with van der Waals surface area (Å²) in [5, 5.41) is 3.18. The van der Waals surface area contributed by atoms with Crippen LogP contribution in [0.15, 0.2) is 0 Å². The Hall–Kier alpha value is -0.745. The highest BCUT2D eigenvalue weighted by atomic mass is 19.5. The van der Waals surface area contributed by atoms with Gasteiger partial charge in [0.2, 0.25) is 6.34 Å². The first-order valence-corrected chi connectivity index (χ1v) is 4.61. The van der Waals surface area contributed by atoms with Gasteiger partial charge in [0.05, 0.1) is 6.54 Å². The van der Waals surface area contributed by atoms with E-state index in [1.165, 1.54) is 25.9 Å². The normalized spacial score (nSPS) is 15.4. The molecule has 84 valence electrons. The van der Waals surface area contributed by atoms with E-state index >= 15 is 0 Å². The highest BCUT2D eigenvalue weighted by Crippen LogP contribution is 2.06. The van der Waals surface area contributed by atoms with Crippen molar-refractivity contribution in [1.29, 1.82) is 0 Å². The second kappa shape index (κ2) is 6.67. The molecule has 0 fully saturated rings. The Morgan fingerprint density at radius 2 is 1.93 bits per heavy atom. The molecular weight excluding hydrogens is 199 g/mol. The molecule has 1 heterocycles. The smallest absolute Gasteiger partial charge is 0.418 e. The fourth-order valence-corrected chi connectivity index (χ4v) is 1.00. The number of unbranched alkanes of at least 4 members (excludes halogenated alkanes) is 1. The lowest BCUT2D eigenvalue weighted by Crippen LogP contribution is -2.10. The lowest BCUT2D eigenvalue weighted by molar-refractivity contribution is -0.514. The van der Waals surface area contributed by atoms with E-state index < -0.39 is 7.25 Å². The third kappa shape index (κ3) is 11.3. The molecule has 0 radical (unpaired) electrons. The van der Waals surface area contributed by atoms with Gasteiger partial charge in [-0.2, -0.15) is 0 Å². The zero-order valence-electron chi connectivity index (χ0n) is 8.15. The van der Waals surface area contributed by atoms with Crippen LogP contribution in [0, 0.1) is 0 Å². The van der Waals surface area contributed by atoms with Crippen LogP contribution >= 0.6 is 0 Å². The van der Waals surface area contributed by atoms with E-state index in [0.29, 0.717) is 0 Å². The molecule has 0 amide bonds. The maximum atomic E-state index is 9.75. The molecule has 14 heavy (non-hydrogen) atoms. The number of nitrogens with zero attached hydrogens (tertiary/aromatic N) is 1. The Labute approximate surface area is 81.1 Å². The average molecular weight is 214 g/mol. The van der Waals surface area contributed by atoms with E-state index in [0.717, 1.165) is 6.54 Å². The van der Waals surface area contributed by atoms with Crippen LogP contribution in [0.5, 0.6) is 0 Å². The van der Waals surface area contributed by atoms with Gasteiger partial charge in [0.25, 0.3) is 0 Å². The molecule has 1 aliphatic rings. The van der Waals surface area contributed by atoms with Crippen LogP contribution in [-0.4, -0.2) is 37.8 Å². The summed E-state index contributed by atoms with van der Waals surface area (Å²) in [5.74, 6) is 0. The second-order valence-electron chi connectivity index (χ2n) is 2.97. The molecule has 7 heteroatoms. The molecular formula is C7H15BF4N2. The first-order chi connectivity index (χ1) is 6.43. The predicted molar refractivity (Wildman–Crippen MR) is 49.2 cm³/mol. The van der Waals surface area contributed by atoms with E-state index in [-0.39, 0.29) is 0 Å². The topological polar surface area (TPSA) is 15.0 Å². The molecule has 0 aliphatic carbocycles. The largest absolute Gasteiger partial charge is 0.673 e. The van der Waals surface area contributed by atoms with Crippen LogP contribution in [0.25, 0.3) is 0 Å².